The standard InChI is InChI=1S/C14H20ClNO/c1-16-14(10-2-6-12(15)7-3-10)11-4-8-13(17)9-5-11/h2-3,6-7,11,13-14,16-17H,4-5,8-9H2,1H3. The van der Waals surface area contributed by atoms with Gasteiger partial charge in [-0.1, -0.05) is 23.7 Å². The summed E-state index contributed by atoms with van der Waals surface area (Å²) in [7, 11) is 2.00. The number of nitrogens with one attached hydrogen (secondary N) is 1. The summed E-state index contributed by atoms with van der Waals surface area (Å²) in [6.45, 7) is 0. The molecule has 0 spiro atoms. The van der Waals surface area contributed by atoms with Crippen molar-refractivity contribution in [1.82, 2.24) is 5.32 Å². The van der Waals surface area contributed by atoms with E-state index in [2.05, 4.69) is 17.4 Å². The van der Waals surface area contributed by atoms with Crippen LogP contribution in [-0.2, 0) is 0 Å². The minimum Gasteiger partial charge on any atom is -0.393 e. The summed E-state index contributed by atoms with van der Waals surface area (Å²) in [4.78, 5) is 0. The number of hydrogen-bond acceptors (Lipinski definition) is 2. The van der Waals surface area contributed by atoms with Crippen molar-refractivity contribution < 1.29 is 5.11 Å². The van der Waals surface area contributed by atoms with E-state index in [1.807, 2.05) is 19.2 Å². The molecule has 0 aliphatic heterocycles. The molecule has 0 aromatic heterocycles. The fourth-order valence-electron chi connectivity index (χ4n) is 2.78. The topological polar surface area (TPSA) is 32.3 Å². The number of hydrogen-bond donors (Lipinski definition) is 2. The average Bonchev–Trinajstić information content (AvgIpc) is 2.35. The summed E-state index contributed by atoms with van der Waals surface area (Å²) >= 11 is 5.91. The highest BCUT2D eigenvalue weighted by Gasteiger charge is 2.26. The summed E-state index contributed by atoms with van der Waals surface area (Å²) in [5.74, 6) is 0.615. The van der Waals surface area contributed by atoms with Crippen LogP contribution in [0.2, 0.25) is 5.02 Å². The quantitative estimate of drug-likeness (QED) is 0.867. The molecular formula is C14H20ClNO. The molecule has 1 atom stereocenters. The van der Waals surface area contributed by atoms with Crippen LogP contribution in [-0.4, -0.2) is 18.3 Å². The number of halogens is 1. The summed E-state index contributed by atoms with van der Waals surface area (Å²) in [6, 6.07) is 8.45. The van der Waals surface area contributed by atoms with Gasteiger partial charge in [-0.15, -0.1) is 0 Å². The highest BCUT2D eigenvalue weighted by Crippen LogP contribution is 2.34. The first-order valence-corrected chi connectivity index (χ1v) is 6.69. The molecule has 0 amide bonds. The van der Waals surface area contributed by atoms with Crippen molar-refractivity contribution in [2.45, 2.75) is 37.8 Å². The first-order chi connectivity index (χ1) is 8.20. The van der Waals surface area contributed by atoms with Crippen LogP contribution < -0.4 is 5.32 Å². The Kier molecular flexibility index (Phi) is 4.43. The molecule has 0 radical (unpaired) electrons. The fourth-order valence-corrected chi connectivity index (χ4v) is 2.91. The van der Waals surface area contributed by atoms with Crippen LogP contribution in [0.1, 0.15) is 37.3 Å². The van der Waals surface area contributed by atoms with Crippen LogP contribution in [0.4, 0.5) is 0 Å². The molecule has 1 aliphatic rings. The van der Waals surface area contributed by atoms with E-state index in [0.717, 1.165) is 30.7 Å². The summed E-state index contributed by atoms with van der Waals surface area (Å²) < 4.78 is 0. The third-order valence-electron chi connectivity index (χ3n) is 3.75. The van der Waals surface area contributed by atoms with E-state index in [-0.39, 0.29) is 6.10 Å². The van der Waals surface area contributed by atoms with Gasteiger partial charge >= 0.3 is 0 Å². The molecular weight excluding hydrogens is 234 g/mol. The second kappa shape index (κ2) is 5.85. The Labute approximate surface area is 108 Å². The van der Waals surface area contributed by atoms with Gasteiger partial charge in [-0.25, -0.2) is 0 Å². The van der Waals surface area contributed by atoms with E-state index < -0.39 is 0 Å². The van der Waals surface area contributed by atoms with Gasteiger partial charge in [-0.05, 0) is 56.3 Å². The van der Waals surface area contributed by atoms with Crippen LogP contribution in [0.3, 0.4) is 0 Å². The van der Waals surface area contributed by atoms with Crippen LogP contribution in [0, 0.1) is 5.92 Å². The Morgan fingerprint density at radius 3 is 2.29 bits per heavy atom. The molecule has 1 aromatic carbocycles. The molecule has 0 heterocycles. The third-order valence-corrected chi connectivity index (χ3v) is 4.00. The van der Waals surface area contributed by atoms with Crippen molar-refractivity contribution in [1.29, 1.82) is 0 Å². The molecule has 1 fully saturated rings. The summed E-state index contributed by atoms with van der Waals surface area (Å²) in [6.07, 6.45) is 3.95. The minimum atomic E-state index is -0.0889. The van der Waals surface area contributed by atoms with E-state index in [0.29, 0.717) is 12.0 Å². The third kappa shape index (κ3) is 3.21. The second-order valence-electron chi connectivity index (χ2n) is 4.89. The van der Waals surface area contributed by atoms with Crippen molar-refractivity contribution in [3.63, 3.8) is 0 Å². The first kappa shape index (κ1) is 12.9. The lowest BCUT2D eigenvalue weighted by molar-refractivity contribution is 0.0981. The predicted molar refractivity (Wildman–Crippen MR) is 71.2 cm³/mol. The van der Waals surface area contributed by atoms with Crippen molar-refractivity contribution >= 4 is 11.6 Å². The molecule has 1 aliphatic carbocycles. The van der Waals surface area contributed by atoms with Crippen LogP contribution in [0.15, 0.2) is 24.3 Å². The lowest BCUT2D eigenvalue weighted by atomic mass is 9.80. The smallest absolute Gasteiger partial charge is 0.0540 e. The molecule has 2 nitrogen and oxygen atoms in total. The zero-order valence-electron chi connectivity index (χ0n) is 10.2. The number of benzene rings is 1. The van der Waals surface area contributed by atoms with E-state index in [4.69, 9.17) is 11.6 Å². The zero-order valence-corrected chi connectivity index (χ0v) is 11.0. The second-order valence-corrected chi connectivity index (χ2v) is 5.32. The maximum absolute atomic E-state index is 9.55. The molecule has 3 heteroatoms. The fraction of sp³-hybridized carbons (Fsp3) is 0.571. The molecule has 17 heavy (non-hydrogen) atoms. The van der Waals surface area contributed by atoms with E-state index >= 15 is 0 Å². The molecule has 94 valence electrons. The van der Waals surface area contributed by atoms with Gasteiger partial charge in [0.1, 0.15) is 0 Å². The number of aliphatic hydroxyl groups is 1. The molecule has 1 aromatic rings. The van der Waals surface area contributed by atoms with E-state index in [9.17, 15) is 5.11 Å². The number of aliphatic hydroxyl groups excluding tert-OH is 1. The maximum Gasteiger partial charge on any atom is 0.0540 e. The van der Waals surface area contributed by atoms with E-state index in [1.165, 1.54) is 5.56 Å². The zero-order chi connectivity index (χ0) is 12.3. The lowest BCUT2D eigenvalue weighted by Gasteiger charge is -2.32. The Morgan fingerprint density at radius 2 is 1.76 bits per heavy atom. The average molecular weight is 254 g/mol. The summed E-state index contributed by atoms with van der Waals surface area (Å²) in [5.41, 5.74) is 1.29. The van der Waals surface area contributed by atoms with Gasteiger partial charge < -0.3 is 10.4 Å². The van der Waals surface area contributed by atoms with Gasteiger partial charge in [-0.3, -0.25) is 0 Å². The molecule has 1 saturated carbocycles. The molecule has 0 saturated heterocycles. The summed E-state index contributed by atoms with van der Waals surface area (Å²) in [5, 5.41) is 13.7. The maximum atomic E-state index is 9.55. The van der Waals surface area contributed by atoms with Crippen molar-refractivity contribution in [2.75, 3.05) is 7.05 Å². The Bertz CT molecular complexity index is 344. The highest BCUT2D eigenvalue weighted by atomic mass is 35.5. The van der Waals surface area contributed by atoms with Crippen molar-refractivity contribution in [2.24, 2.45) is 5.92 Å². The van der Waals surface area contributed by atoms with Crippen LogP contribution in [0.25, 0.3) is 0 Å². The lowest BCUT2D eigenvalue weighted by Crippen LogP contribution is -2.30. The molecule has 1 unspecified atom stereocenters. The van der Waals surface area contributed by atoms with Gasteiger partial charge in [0.2, 0.25) is 0 Å². The minimum absolute atomic E-state index is 0.0889. The molecule has 2 N–H and O–H groups in total. The SMILES string of the molecule is CNC(c1ccc(Cl)cc1)C1CCC(O)CC1. The monoisotopic (exact) mass is 253 g/mol. The first-order valence-electron chi connectivity index (χ1n) is 6.31. The van der Waals surface area contributed by atoms with Gasteiger partial charge in [0.05, 0.1) is 6.10 Å². The van der Waals surface area contributed by atoms with Gasteiger partial charge in [-0.2, -0.15) is 0 Å². The number of rotatable bonds is 3. The van der Waals surface area contributed by atoms with Gasteiger partial charge in [0.15, 0.2) is 0 Å². The molecule has 0 bridgehead atoms. The van der Waals surface area contributed by atoms with Crippen LogP contribution >= 0.6 is 11.6 Å². The predicted octanol–water partition coefficient (Wildman–Crippen LogP) is 3.15. The van der Waals surface area contributed by atoms with Gasteiger partial charge in [0, 0.05) is 11.1 Å². The van der Waals surface area contributed by atoms with Crippen molar-refractivity contribution in [3.05, 3.63) is 34.9 Å². The largest absolute Gasteiger partial charge is 0.393 e. The van der Waals surface area contributed by atoms with Crippen molar-refractivity contribution in [3.8, 4) is 0 Å². The van der Waals surface area contributed by atoms with Gasteiger partial charge in [0.25, 0.3) is 0 Å². The Hall–Kier alpha value is -0.570. The Balaban J connectivity index is 2.08. The Morgan fingerprint density at radius 1 is 1.18 bits per heavy atom. The van der Waals surface area contributed by atoms with E-state index in [1.54, 1.807) is 0 Å². The molecule has 2 rings (SSSR count). The van der Waals surface area contributed by atoms with Crippen LogP contribution in [0.5, 0.6) is 0 Å². The normalized spacial score (nSPS) is 26.8. The highest BCUT2D eigenvalue weighted by molar-refractivity contribution is 6.30.